The van der Waals surface area contributed by atoms with Crippen LogP contribution in [0.15, 0.2) is 70.2 Å². The van der Waals surface area contributed by atoms with Gasteiger partial charge in [0.05, 0.1) is 35.7 Å². The minimum absolute atomic E-state index is 0.0935. The topological polar surface area (TPSA) is 55.6 Å². The monoisotopic (exact) mass is 424 g/mol. The van der Waals surface area contributed by atoms with Gasteiger partial charge in [-0.2, -0.15) is 0 Å². The average Bonchev–Trinajstić information content (AvgIpc) is 3.41. The molecular formula is C22H20N2O3S2. The van der Waals surface area contributed by atoms with E-state index in [9.17, 15) is 4.79 Å². The molecule has 2 heterocycles. The molecule has 0 aliphatic rings. The average molecular weight is 425 g/mol. The normalized spacial score (nSPS) is 11.0. The predicted molar refractivity (Wildman–Crippen MR) is 118 cm³/mol. The summed E-state index contributed by atoms with van der Waals surface area (Å²) in [5.41, 5.74) is 1.50. The van der Waals surface area contributed by atoms with Gasteiger partial charge in [0.1, 0.15) is 11.5 Å². The second-order valence-corrected chi connectivity index (χ2v) is 8.54. The zero-order chi connectivity index (χ0) is 20.2. The molecule has 0 aliphatic heterocycles. The Morgan fingerprint density at radius 2 is 2.07 bits per heavy atom. The van der Waals surface area contributed by atoms with Crippen molar-refractivity contribution in [1.29, 1.82) is 0 Å². The Labute approximate surface area is 177 Å². The number of thiazole rings is 1. The molecule has 0 saturated carbocycles. The number of fused-ring (bicyclic) bond motifs is 1. The third kappa shape index (κ3) is 4.16. The number of rotatable bonds is 7. The Morgan fingerprint density at radius 1 is 1.21 bits per heavy atom. The van der Waals surface area contributed by atoms with E-state index in [0.717, 1.165) is 26.6 Å². The third-order valence-electron chi connectivity index (χ3n) is 4.37. The van der Waals surface area contributed by atoms with Crippen molar-refractivity contribution in [3.05, 3.63) is 72.2 Å². The highest BCUT2D eigenvalue weighted by Gasteiger charge is 2.24. The van der Waals surface area contributed by atoms with Crippen LogP contribution >= 0.6 is 23.1 Å². The highest BCUT2D eigenvalue weighted by molar-refractivity contribution is 7.99. The van der Waals surface area contributed by atoms with E-state index in [1.165, 1.54) is 11.3 Å². The number of ether oxygens (including phenoxy) is 1. The van der Waals surface area contributed by atoms with Gasteiger partial charge in [-0.25, -0.2) is 4.98 Å². The van der Waals surface area contributed by atoms with Crippen molar-refractivity contribution in [3.63, 3.8) is 0 Å². The van der Waals surface area contributed by atoms with Gasteiger partial charge in [-0.05, 0) is 48.2 Å². The molecule has 7 heteroatoms. The van der Waals surface area contributed by atoms with Crippen LogP contribution in [0.4, 0.5) is 5.13 Å². The van der Waals surface area contributed by atoms with E-state index in [4.69, 9.17) is 14.1 Å². The molecule has 0 radical (unpaired) electrons. The summed E-state index contributed by atoms with van der Waals surface area (Å²) in [7, 11) is 1.64. The van der Waals surface area contributed by atoms with Crippen LogP contribution in [0.25, 0.3) is 10.2 Å². The summed E-state index contributed by atoms with van der Waals surface area (Å²) in [4.78, 5) is 20.9. The molecule has 0 N–H and O–H groups in total. The zero-order valence-electron chi connectivity index (χ0n) is 16.1. The van der Waals surface area contributed by atoms with Crippen molar-refractivity contribution < 1.29 is 13.9 Å². The fourth-order valence-electron chi connectivity index (χ4n) is 2.99. The van der Waals surface area contributed by atoms with Gasteiger partial charge in [0.2, 0.25) is 0 Å². The van der Waals surface area contributed by atoms with Gasteiger partial charge in [0, 0.05) is 4.90 Å². The third-order valence-corrected chi connectivity index (χ3v) is 6.37. The standard InChI is InChI=1S/C22H20N2O3S2/c1-3-28-19-9-5-4-8-17(19)21(25)24(14-16-7-6-12-27-16)22-23-18-11-10-15(26-2)13-20(18)29-22/h4-13H,3,14H2,1-2H3. The van der Waals surface area contributed by atoms with Crippen LogP contribution in [0.5, 0.6) is 5.75 Å². The van der Waals surface area contributed by atoms with E-state index in [1.807, 2.05) is 54.6 Å². The van der Waals surface area contributed by atoms with Crippen LogP contribution < -0.4 is 9.64 Å². The van der Waals surface area contributed by atoms with Gasteiger partial charge in [-0.1, -0.05) is 30.4 Å². The van der Waals surface area contributed by atoms with E-state index in [1.54, 1.807) is 30.0 Å². The lowest BCUT2D eigenvalue weighted by molar-refractivity contribution is 0.0980. The fraction of sp³-hybridized carbons (Fsp3) is 0.182. The minimum Gasteiger partial charge on any atom is -0.497 e. The van der Waals surface area contributed by atoms with Crippen molar-refractivity contribution in [2.45, 2.75) is 18.4 Å². The molecule has 148 valence electrons. The van der Waals surface area contributed by atoms with E-state index in [0.29, 0.717) is 23.0 Å². The Bertz CT molecular complexity index is 1120. The van der Waals surface area contributed by atoms with Crippen molar-refractivity contribution in [2.24, 2.45) is 0 Å². The van der Waals surface area contributed by atoms with Crippen LogP contribution in [0.3, 0.4) is 0 Å². The van der Waals surface area contributed by atoms with Crippen LogP contribution in [-0.2, 0) is 6.54 Å². The largest absolute Gasteiger partial charge is 0.497 e. The van der Waals surface area contributed by atoms with E-state index >= 15 is 0 Å². The second kappa shape index (κ2) is 8.71. The lowest BCUT2D eigenvalue weighted by atomic mass is 10.2. The quantitative estimate of drug-likeness (QED) is 0.348. The van der Waals surface area contributed by atoms with Crippen LogP contribution in [0, 0.1) is 0 Å². The van der Waals surface area contributed by atoms with Crippen molar-refractivity contribution in [1.82, 2.24) is 4.98 Å². The number of methoxy groups -OCH3 is 1. The number of carbonyl (C=O) groups is 1. The van der Waals surface area contributed by atoms with Gasteiger partial charge < -0.3 is 9.15 Å². The van der Waals surface area contributed by atoms with Crippen LogP contribution in [0.1, 0.15) is 23.0 Å². The number of amides is 1. The van der Waals surface area contributed by atoms with Crippen molar-refractivity contribution in [2.75, 3.05) is 17.8 Å². The lowest BCUT2D eigenvalue weighted by Gasteiger charge is -2.20. The molecule has 1 amide bonds. The number of aromatic nitrogens is 1. The molecule has 0 atom stereocenters. The Balaban J connectivity index is 1.77. The Kier molecular flexibility index (Phi) is 5.87. The number of hydrogen-bond donors (Lipinski definition) is 0. The molecule has 5 nitrogen and oxygen atoms in total. The first-order valence-electron chi connectivity index (χ1n) is 9.20. The summed E-state index contributed by atoms with van der Waals surface area (Å²) in [6.07, 6.45) is 1.61. The minimum atomic E-state index is -0.0935. The molecule has 4 rings (SSSR count). The van der Waals surface area contributed by atoms with Gasteiger partial charge in [0.25, 0.3) is 5.91 Å². The van der Waals surface area contributed by atoms with E-state index in [-0.39, 0.29) is 5.91 Å². The molecule has 0 aliphatic carbocycles. The second-order valence-electron chi connectivity index (χ2n) is 6.23. The number of hydrogen-bond acceptors (Lipinski definition) is 6. The van der Waals surface area contributed by atoms with E-state index in [2.05, 4.69) is 6.92 Å². The summed E-state index contributed by atoms with van der Waals surface area (Å²) >= 11 is 3.12. The lowest BCUT2D eigenvalue weighted by Crippen LogP contribution is -2.30. The van der Waals surface area contributed by atoms with Crippen LogP contribution in [0.2, 0.25) is 0 Å². The van der Waals surface area contributed by atoms with Gasteiger partial charge >= 0.3 is 0 Å². The van der Waals surface area contributed by atoms with Crippen molar-refractivity contribution in [3.8, 4) is 5.75 Å². The maximum atomic E-state index is 13.6. The van der Waals surface area contributed by atoms with Crippen LogP contribution in [-0.4, -0.2) is 23.8 Å². The number of thioether (sulfide) groups is 1. The maximum Gasteiger partial charge on any atom is 0.261 e. The first kappa shape index (κ1) is 19.5. The summed E-state index contributed by atoms with van der Waals surface area (Å²) < 4.78 is 11.8. The van der Waals surface area contributed by atoms with Gasteiger partial charge in [-0.3, -0.25) is 9.69 Å². The first-order chi connectivity index (χ1) is 14.2. The molecule has 29 heavy (non-hydrogen) atoms. The molecule has 2 aromatic heterocycles. The predicted octanol–water partition coefficient (Wildman–Crippen LogP) is 5.86. The summed E-state index contributed by atoms with van der Waals surface area (Å²) in [6.45, 7) is 2.39. The number of furan rings is 1. The fourth-order valence-corrected chi connectivity index (χ4v) is 4.78. The molecule has 0 bridgehead atoms. The highest BCUT2D eigenvalue weighted by atomic mass is 32.2. The smallest absolute Gasteiger partial charge is 0.261 e. The summed E-state index contributed by atoms with van der Waals surface area (Å²) in [5, 5.41) is 0.631. The number of carbonyl (C=O) groups excluding carboxylic acids is 1. The molecular weight excluding hydrogens is 404 g/mol. The molecule has 0 spiro atoms. The zero-order valence-corrected chi connectivity index (χ0v) is 17.8. The molecule has 0 saturated heterocycles. The van der Waals surface area contributed by atoms with E-state index < -0.39 is 0 Å². The van der Waals surface area contributed by atoms with Gasteiger partial charge in [0.15, 0.2) is 5.13 Å². The molecule has 0 fully saturated rings. The molecule has 4 aromatic rings. The summed E-state index contributed by atoms with van der Waals surface area (Å²) in [6, 6.07) is 17.1. The van der Waals surface area contributed by atoms with Gasteiger partial charge in [-0.15, -0.1) is 11.8 Å². The number of nitrogens with zero attached hydrogens (tertiary/aromatic N) is 2. The van der Waals surface area contributed by atoms with Crippen molar-refractivity contribution >= 4 is 44.4 Å². The number of benzene rings is 2. The SMILES string of the molecule is CCSc1ccccc1C(=O)N(Cc1ccco1)c1nc2ccc(OC)cc2s1. The maximum absolute atomic E-state index is 13.6. The highest BCUT2D eigenvalue weighted by Crippen LogP contribution is 2.34. The molecule has 2 aromatic carbocycles. The first-order valence-corrected chi connectivity index (χ1v) is 11.0. The Morgan fingerprint density at radius 3 is 2.83 bits per heavy atom. The number of anilines is 1. The molecule has 0 unspecified atom stereocenters. The summed E-state index contributed by atoms with van der Waals surface area (Å²) in [5.74, 6) is 2.27. The Hall–Kier alpha value is -2.77.